The van der Waals surface area contributed by atoms with E-state index in [0.717, 1.165) is 37.1 Å². The molecule has 2 atom stereocenters. The summed E-state index contributed by atoms with van der Waals surface area (Å²) in [5.74, 6) is -2.39. The van der Waals surface area contributed by atoms with E-state index in [1.165, 1.54) is 0 Å². The van der Waals surface area contributed by atoms with Gasteiger partial charge in [-0.15, -0.1) is 0 Å². The van der Waals surface area contributed by atoms with Crippen molar-refractivity contribution in [3.63, 3.8) is 0 Å². The maximum Gasteiger partial charge on any atom is 0.224 e. The first-order chi connectivity index (χ1) is 10.8. The van der Waals surface area contributed by atoms with Gasteiger partial charge in [0.25, 0.3) is 0 Å². The number of carboxylic acids is 1. The summed E-state index contributed by atoms with van der Waals surface area (Å²) < 4.78 is 0. The lowest BCUT2D eigenvalue weighted by atomic mass is 9.76. The Labute approximate surface area is 139 Å². The van der Waals surface area contributed by atoms with Gasteiger partial charge in [-0.3, -0.25) is 4.79 Å². The maximum atomic E-state index is 12.6. The molecule has 1 amide bonds. The molecule has 23 heavy (non-hydrogen) atoms. The highest BCUT2D eigenvalue weighted by atomic mass is 16.4. The lowest BCUT2D eigenvalue weighted by Crippen LogP contribution is -3.16. The Kier molecular flexibility index (Phi) is 5.84. The van der Waals surface area contributed by atoms with E-state index >= 15 is 0 Å². The van der Waals surface area contributed by atoms with Gasteiger partial charge in [0.05, 0.1) is 19.1 Å². The molecular formula is C18H30N2O3. The molecule has 5 heteroatoms. The number of nitrogens with one attached hydrogen (secondary N) is 2. The van der Waals surface area contributed by atoms with E-state index in [2.05, 4.69) is 19.2 Å². The largest absolute Gasteiger partial charge is 0.550 e. The number of carbonyl (C=O) groups is 2. The summed E-state index contributed by atoms with van der Waals surface area (Å²) >= 11 is 0. The molecule has 0 saturated carbocycles. The Morgan fingerprint density at radius 1 is 1.09 bits per heavy atom. The fraction of sp³-hybridized carbons (Fsp3) is 0.778. The zero-order valence-electron chi connectivity index (χ0n) is 14.8. The van der Waals surface area contributed by atoms with Gasteiger partial charge in [0, 0.05) is 36.7 Å². The number of hydrogen-bond acceptors (Lipinski definition) is 3. The average Bonchev–Trinajstić information content (AvgIpc) is 2.49. The second-order valence-corrected chi connectivity index (χ2v) is 7.60. The summed E-state index contributed by atoms with van der Waals surface area (Å²) in [5, 5.41) is 14.5. The van der Waals surface area contributed by atoms with Crippen molar-refractivity contribution in [1.29, 1.82) is 0 Å². The van der Waals surface area contributed by atoms with Crippen molar-refractivity contribution in [2.45, 2.75) is 65.5 Å². The van der Waals surface area contributed by atoms with Crippen LogP contribution in [0.1, 0.15) is 53.4 Å². The van der Waals surface area contributed by atoms with Gasteiger partial charge in [0.1, 0.15) is 0 Å². The van der Waals surface area contributed by atoms with E-state index in [1.54, 1.807) is 4.90 Å². The molecule has 2 rings (SSSR count). The number of piperidine rings is 1. The third-order valence-corrected chi connectivity index (χ3v) is 5.70. The first-order valence-corrected chi connectivity index (χ1v) is 8.80. The molecule has 0 spiro atoms. The van der Waals surface area contributed by atoms with Crippen molar-refractivity contribution in [2.24, 2.45) is 11.8 Å². The van der Waals surface area contributed by atoms with Crippen LogP contribution in [0.4, 0.5) is 0 Å². The fourth-order valence-corrected chi connectivity index (χ4v) is 3.83. The minimum absolute atomic E-state index is 0.107. The van der Waals surface area contributed by atoms with E-state index in [0.29, 0.717) is 18.9 Å². The van der Waals surface area contributed by atoms with Crippen LogP contribution in [-0.2, 0) is 9.59 Å². The molecule has 0 radical (unpaired) electrons. The van der Waals surface area contributed by atoms with Crippen LogP contribution in [-0.4, -0.2) is 37.0 Å². The third-order valence-electron chi connectivity index (χ3n) is 5.70. The van der Waals surface area contributed by atoms with Crippen LogP contribution < -0.4 is 15.3 Å². The molecule has 1 heterocycles. The van der Waals surface area contributed by atoms with E-state index in [-0.39, 0.29) is 11.9 Å². The SMILES string of the molecule is CC1=C(C)C[C@H](C(=O)NC2CC[NH+](C(C)C)CC2)[C@@H](C(=O)[O-])C1. The summed E-state index contributed by atoms with van der Waals surface area (Å²) in [6.07, 6.45) is 2.90. The molecule has 5 nitrogen and oxygen atoms in total. The molecule has 0 bridgehead atoms. The molecule has 1 fully saturated rings. The number of allylic oxidation sites excluding steroid dienone is 2. The average molecular weight is 322 g/mol. The van der Waals surface area contributed by atoms with Crippen molar-refractivity contribution in [2.75, 3.05) is 13.1 Å². The molecule has 1 saturated heterocycles. The van der Waals surface area contributed by atoms with E-state index in [1.807, 2.05) is 13.8 Å². The standard InChI is InChI=1S/C18H30N2O3/c1-11(2)20-7-5-14(6-8-20)19-17(21)15-9-12(3)13(4)10-16(15)18(22)23/h11,14-16H,5-10H2,1-4H3,(H,19,21)(H,22,23)/t15-,16-/m0/s1. The van der Waals surface area contributed by atoms with Crippen LogP contribution in [0.5, 0.6) is 0 Å². The highest BCUT2D eigenvalue weighted by molar-refractivity contribution is 5.85. The Hall–Kier alpha value is -1.36. The number of carboxylic acid groups (broad SMARTS) is 1. The van der Waals surface area contributed by atoms with Gasteiger partial charge >= 0.3 is 0 Å². The van der Waals surface area contributed by atoms with Gasteiger partial charge in [-0.1, -0.05) is 11.1 Å². The van der Waals surface area contributed by atoms with Crippen molar-refractivity contribution in [1.82, 2.24) is 5.32 Å². The molecule has 1 aliphatic heterocycles. The Morgan fingerprint density at radius 3 is 2.09 bits per heavy atom. The van der Waals surface area contributed by atoms with Gasteiger partial charge in [0.15, 0.2) is 0 Å². The maximum absolute atomic E-state index is 12.6. The van der Waals surface area contributed by atoms with Crippen molar-refractivity contribution >= 4 is 11.9 Å². The van der Waals surface area contributed by atoms with Crippen molar-refractivity contribution in [3.05, 3.63) is 11.1 Å². The number of quaternary nitrogens is 1. The van der Waals surface area contributed by atoms with Gasteiger partial charge in [0.2, 0.25) is 5.91 Å². The van der Waals surface area contributed by atoms with Crippen molar-refractivity contribution < 1.29 is 19.6 Å². The minimum atomic E-state index is -1.10. The number of likely N-dealkylation sites (tertiary alicyclic amines) is 1. The van der Waals surface area contributed by atoms with Crippen LogP contribution in [0.2, 0.25) is 0 Å². The van der Waals surface area contributed by atoms with Gasteiger partial charge < -0.3 is 20.1 Å². The van der Waals surface area contributed by atoms with Crippen LogP contribution in [0.3, 0.4) is 0 Å². The Bertz CT molecular complexity index is 490. The summed E-state index contributed by atoms with van der Waals surface area (Å²) in [6, 6.07) is 0.794. The fourth-order valence-electron chi connectivity index (χ4n) is 3.83. The molecule has 2 aliphatic rings. The summed E-state index contributed by atoms with van der Waals surface area (Å²) in [5.41, 5.74) is 2.22. The quantitative estimate of drug-likeness (QED) is 0.696. The normalized spacial score (nSPS) is 32.0. The number of rotatable bonds is 4. The van der Waals surface area contributed by atoms with E-state index in [4.69, 9.17) is 0 Å². The van der Waals surface area contributed by atoms with Crippen molar-refractivity contribution in [3.8, 4) is 0 Å². The molecular weight excluding hydrogens is 292 g/mol. The van der Waals surface area contributed by atoms with Crippen LogP contribution in [0.25, 0.3) is 0 Å². The first kappa shape index (κ1) is 18.0. The summed E-state index contributed by atoms with van der Waals surface area (Å²) in [6.45, 7) is 10.5. The zero-order chi connectivity index (χ0) is 17.1. The molecule has 0 unspecified atom stereocenters. The van der Waals surface area contributed by atoms with Crippen LogP contribution >= 0.6 is 0 Å². The van der Waals surface area contributed by atoms with Crippen LogP contribution in [0, 0.1) is 11.8 Å². The molecule has 0 aromatic carbocycles. The Balaban J connectivity index is 1.96. The number of aliphatic carboxylic acids is 1. The molecule has 0 aromatic rings. The predicted molar refractivity (Wildman–Crippen MR) is 86.6 cm³/mol. The molecule has 0 aromatic heterocycles. The number of hydrogen-bond donors (Lipinski definition) is 2. The van der Waals surface area contributed by atoms with Gasteiger partial charge in [-0.25, -0.2) is 0 Å². The summed E-state index contributed by atoms with van der Waals surface area (Å²) in [7, 11) is 0. The third kappa shape index (κ3) is 4.34. The van der Waals surface area contributed by atoms with E-state index in [9.17, 15) is 14.7 Å². The zero-order valence-corrected chi connectivity index (χ0v) is 14.8. The number of amides is 1. The lowest BCUT2D eigenvalue weighted by molar-refractivity contribution is -0.926. The minimum Gasteiger partial charge on any atom is -0.550 e. The van der Waals surface area contributed by atoms with Gasteiger partial charge in [-0.2, -0.15) is 0 Å². The predicted octanol–water partition coefficient (Wildman–Crippen LogP) is -0.329. The monoisotopic (exact) mass is 322 g/mol. The molecule has 2 N–H and O–H groups in total. The molecule has 1 aliphatic carbocycles. The topological polar surface area (TPSA) is 73.7 Å². The lowest BCUT2D eigenvalue weighted by Gasteiger charge is -2.36. The molecule has 130 valence electrons. The summed E-state index contributed by atoms with van der Waals surface area (Å²) in [4.78, 5) is 25.6. The number of carbonyl (C=O) groups excluding carboxylic acids is 2. The second-order valence-electron chi connectivity index (χ2n) is 7.60. The smallest absolute Gasteiger partial charge is 0.224 e. The highest BCUT2D eigenvalue weighted by Gasteiger charge is 2.35. The van der Waals surface area contributed by atoms with E-state index < -0.39 is 17.8 Å². The highest BCUT2D eigenvalue weighted by Crippen LogP contribution is 2.34. The van der Waals surface area contributed by atoms with Crippen LogP contribution in [0.15, 0.2) is 11.1 Å². The Morgan fingerprint density at radius 2 is 1.61 bits per heavy atom. The van der Waals surface area contributed by atoms with Gasteiger partial charge in [-0.05, 0) is 40.5 Å². The first-order valence-electron chi connectivity index (χ1n) is 8.80. The second kappa shape index (κ2) is 7.47.